The number of sulfone groups is 1. The summed E-state index contributed by atoms with van der Waals surface area (Å²) >= 11 is 0. The third kappa shape index (κ3) is 4.80. The van der Waals surface area contributed by atoms with E-state index in [1.54, 1.807) is 0 Å². The number of carbonyl (C=O) groups excluding carboxylic acids is 2. The summed E-state index contributed by atoms with van der Waals surface area (Å²) in [6.07, 6.45) is 2.32. The number of halogens is 4. The fourth-order valence-electron chi connectivity index (χ4n) is 5.45. The van der Waals surface area contributed by atoms with E-state index in [1.165, 1.54) is 4.90 Å². The van der Waals surface area contributed by atoms with Gasteiger partial charge in [-0.05, 0) is 62.8 Å². The van der Waals surface area contributed by atoms with Gasteiger partial charge in [0.15, 0.2) is 0 Å². The molecule has 0 radical (unpaired) electrons. The number of likely N-dealkylation sites (tertiary alicyclic amines) is 1. The molecule has 3 aliphatic carbocycles. The Morgan fingerprint density at radius 1 is 1.08 bits per heavy atom. The molecule has 0 aromatic heterocycles. The number of nitrogens with one attached hydrogen (secondary N) is 2. The minimum atomic E-state index is -5.47. The lowest BCUT2D eigenvalue weighted by molar-refractivity contribution is -0.135. The summed E-state index contributed by atoms with van der Waals surface area (Å²) in [4.78, 5) is 26.0. The summed E-state index contributed by atoms with van der Waals surface area (Å²) in [6.45, 7) is -0.102. The van der Waals surface area contributed by atoms with Crippen molar-refractivity contribution in [2.45, 2.75) is 73.1 Å². The Morgan fingerprint density at radius 2 is 1.67 bits per heavy atom. The van der Waals surface area contributed by atoms with Crippen molar-refractivity contribution in [3.8, 4) is 6.07 Å². The van der Waals surface area contributed by atoms with Crippen LogP contribution in [0, 0.1) is 16.7 Å². The summed E-state index contributed by atoms with van der Waals surface area (Å²) in [5, 5.41) is 15.1. The highest BCUT2D eigenvalue weighted by Crippen LogP contribution is 2.52. The maximum absolute atomic E-state index is 13.6. The predicted molar refractivity (Wildman–Crippen MR) is 120 cm³/mol. The van der Waals surface area contributed by atoms with Gasteiger partial charge >= 0.3 is 5.51 Å². The minimum absolute atomic E-state index is 0.0166. The highest BCUT2D eigenvalue weighted by molar-refractivity contribution is 7.92. The van der Waals surface area contributed by atoms with Crippen LogP contribution in [-0.4, -0.2) is 61.5 Å². The van der Waals surface area contributed by atoms with Crippen molar-refractivity contribution in [2.24, 2.45) is 5.41 Å². The molecule has 2 bridgehead atoms. The molecule has 2 atom stereocenters. The number of rotatable bonds is 6. The first-order valence-electron chi connectivity index (χ1n) is 11.6. The van der Waals surface area contributed by atoms with E-state index in [0.29, 0.717) is 38.5 Å². The van der Waals surface area contributed by atoms with Gasteiger partial charge in [0, 0.05) is 23.1 Å². The van der Waals surface area contributed by atoms with Crippen LogP contribution >= 0.6 is 0 Å². The Kier molecular flexibility index (Phi) is 6.81. The maximum atomic E-state index is 13.6. The van der Waals surface area contributed by atoms with E-state index >= 15 is 0 Å². The first-order valence-corrected chi connectivity index (χ1v) is 13.1. The average Bonchev–Trinajstić information content (AvgIpc) is 3.24. The molecule has 5 rings (SSSR count). The van der Waals surface area contributed by atoms with Crippen LogP contribution in [0.4, 0.5) is 23.2 Å². The fraction of sp³-hybridized carbons (Fsp3) is 0.609. The van der Waals surface area contributed by atoms with Gasteiger partial charge in [0.05, 0.1) is 24.1 Å². The zero-order valence-corrected chi connectivity index (χ0v) is 20.1. The third-order valence-electron chi connectivity index (χ3n) is 7.79. The SMILES string of the molecule is N#C[C@@H]1C[C@H](F)CN1C(=O)CNC12CCC(C(=O)Nc3ccc(S(=O)(=O)C(F)(F)F)cc3)(CC1)CC2. The number of anilines is 1. The van der Waals surface area contributed by atoms with Gasteiger partial charge in [-0.2, -0.15) is 18.4 Å². The normalized spacial score (nSPS) is 30.1. The van der Waals surface area contributed by atoms with E-state index in [-0.39, 0.29) is 42.6 Å². The van der Waals surface area contributed by atoms with Crippen LogP contribution < -0.4 is 10.6 Å². The second-order valence-corrected chi connectivity index (χ2v) is 11.8. The second kappa shape index (κ2) is 9.30. The molecule has 1 aliphatic heterocycles. The maximum Gasteiger partial charge on any atom is 0.501 e. The molecule has 8 nitrogen and oxygen atoms in total. The van der Waals surface area contributed by atoms with E-state index < -0.39 is 37.9 Å². The van der Waals surface area contributed by atoms with Gasteiger partial charge in [0.2, 0.25) is 11.8 Å². The second-order valence-electron chi connectivity index (χ2n) is 9.87. The highest BCUT2D eigenvalue weighted by atomic mass is 32.2. The first-order chi connectivity index (χ1) is 16.8. The van der Waals surface area contributed by atoms with Crippen LogP contribution in [0.2, 0.25) is 0 Å². The lowest BCUT2D eigenvalue weighted by Gasteiger charge is -2.52. The van der Waals surface area contributed by atoms with Crippen LogP contribution in [0.25, 0.3) is 0 Å². The molecule has 2 N–H and O–H groups in total. The van der Waals surface area contributed by atoms with E-state index in [4.69, 9.17) is 5.26 Å². The largest absolute Gasteiger partial charge is 0.501 e. The monoisotopic (exact) mass is 530 g/mol. The van der Waals surface area contributed by atoms with E-state index in [2.05, 4.69) is 10.6 Å². The van der Waals surface area contributed by atoms with E-state index in [0.717, 1.165) is 24.3 Å². The lowest BCUT2D eigenvalue weighted by atomic mass is 9.57. The zero-order chi connectivity index (χ0) is 26.4. The molecule has 13 heteroatoms. The molecule has 2 amide bonds. The van der Waals surface area contributed by atoms with E-state index in [9.17, 15) is 35.6 Å². The van der Waals surface area contributed by atoms with Gasteiger partial charge in [-0.25, -0.2) is 12.8 Å². The number of hydrogen-bond donors (Lipinski definition) is 2. The summed E-state index contributed by atoms with van der Waals surface area (Å²) < 4.78 is 74.8. The van der Waals surface area contributed by atoms with Crippen LogP contribution in [-0.2, 0) is 19.4 Å². The molecular weight excluding hydrogens is 504 g/mol. The number of hydrogen-bond acceptors (Lipinski definition) is 6. The standard InChI is InChI=1S/C23H26F4N4O4S/c24-15-11-17(12-28)31(14-15)19(32)13-29-22-8-5-21(6-9-22,7-10-22)20(33)30-16-1-3-18(4-2-16)36(34,35)23(25,26)27/h1-4,15,17,29H,5-11,13-14H2,(H,30,33)/t15-,17-,21?,22?/m0/s1. The number of carbonyl (C=O) groups is 2. The van der Waals surface area contributed by atoms with E-state index in [1.807, 2.05) is 6.07 Å². The van der Waals surface area contributed by atoms with Crippen molar-refractivity contribution in [3.05, 3.63) is 24.3 Å². The lowest BCUT2D eigenvalue weighted by Crippen LogP contribution is -2.59. The molecule has 4 aliphatic rings. The molecule has 0 unspecified atom stereocenters. The Morgan fingerprint density at radius 3 is 2.19 bits per heavy atom. The fourth-order valence-corrected chi connectivity index (χ4v) is 6.22. The number of nitrogens with zero attached hydrogens (tertiary/aromatic N) is 2. The highest BCUT2D eigenvalue weighted by Gasteiger charge is 2.52. The number of benzene rings is 1. The Hall–Kier alpha value is -2.72. The average molecular weight is 531 g/mol. The van der Waals surface area contributed by atoms with Crippen molar-refractivity contribution >= 4 is 27.3 Å². The van der Waals surface area contributed by atoms with Gasteiger partial charge in [0.25, 0.3) is 9.84 Å². The Bertz CT molecular complexity index is 1160. The van der Waals surface area contributed by atoms with Crippen LogP contribution in [0.5, 0.6) is 0 Å². The molecule has 1 aromatic carbocycles. The number of amides is 2. The number of nitriles is 1. The van der Waals surface area contributed by atoms with Crippen LogP contribution in [0.3, 0.4) is 0 Å². The molecule has 196 valence electrons. The van der Waals surface area contributed by atoms with Crippen LogP contribution in [0.15, 0.2) is 29.2 Å². The van der Waals surface area contributed by atoms with Gasteiger partial charge in [-0.1, -0.05) is 0 Å². The Balaban J connectivity index is 1.33. The summed E-state index contributed by atoms with van der Waals surface area (Å²) in [5.41, 5.74) is -6.20. The Labute approximate surface area is 205 Å². The predicted octanol–water partition coefficient (Wildman–Crippen LogP) is 3.06. The zero-order valence-electron chi connectivity index (χ0n) is 19.3. The minimum Gasteiger partial charge on any atom is -0.326 e. The number of fused-ring (bicyclic) bond motifs is 3. The van der Waals surface area contributed by atoms with Crippen molar-refractivity contribution in [1.29, 1.82) is 5.26 Å². The first kappa shape index (κ1) is 26.3. The van der Waals surface area contributed by atoms with Crippen molar-refractivity contribution < 1.29 is 35.6 Å². The summed E-state index contributed by atoms with van der Waals surface area (Å²) in [6, 6.07) is 5.08. The van der Waals surface area contributed by atoms with Crippen molar-refractivity contribution in [2.75, 3.05) is 18.4 Å². The van der Waals surface area contributed by atoms with Gasteiger partial charge in [-0.15, -0.1) is 0 Å². The van der Waals surface area contributed by atoms with Crippen LogP contribution in [0.1, 0.15) is 44.9 Å². The quantitative estimate of drug-likeness (QED) is 0.546. The van der Waals surface area contributed by atoms with Crippen molar-refractivity contribution in [1.82, 2.24) is 10.2 Å². The van der Waals surface area contributed by atoms with Gasteiger partial charge in [0.1, 0.15) is 12.2 Å². The van der Waals surface area contributed by atoms with Gasteiger partial charge < -0.3 is 15.5 Å². The van der Waals surface area contributed by atoms with Gasteiger partial charge in [-0.3, -0.25) is 9.59 Å². The summed E-state index contributed by atoms with van der Waals surface area (Å²) in [7, 11) is -5.47. The molecule has 3 saturated carbocycles. The van der Waals surface area contributed by atoms with Crippen molar-refractivity contribution in [3.63, 3.8) is 0 Å². The number of alkyl halides is 4. The molecule has 36 heavy (non-hydrogen) atoms. The molecule has 1 saturated heterocycles. The molecule has 1 aromatic rings. The molecule has 4 fully saturated rings. The topological polar surface area (TPSA) is 119 Å². The third-order valence-corrected chi connectivity index (χ3v) is 9.29. The molecule has 1 heterocycles. The smallest absolute Gasteiger partial charge is 0.326 e. The molecular formula is C23H26F4N4O4S. The molecule has 0 spiro atoms. The summed E-state index contributed by atoms with van der Waals surface area (Å²) in [5.74, 6) is -0.603.